The number of rotatable bonds is 6. The molecule has 4 heteroatoms. The molecule has 0 aliphatic heterocycles. The minimum atomic E-state index is -0.958. The van der Waals surface area contributed by atoms with Gasteiger partial charge < -0.3 is 10.4 Å². The average Bonchev–Trinajstić information content (AvgIpc) is 2.94. The molecular weight excluding hydrogens is 470 g/mol. The van der Waals surface area contributed by atoms with Crippen molar-refractivity contribution in [3.63, 3.8) is 0 Å². The van der Waals surface area contributed by atoms with Crippen LogP contribution < -0.4 is 5.32 Å². The summed E-state index contributed by atoms with van der Waals surface area (Å²) in [5, 5.41) is 17.4. The average molecular weight is 500 g/mol. The lowest BCUT2D eigenvalue weighted by Gasteiger charge is -2.27. The summed E-state index contributed by atoms with van der Waals surface area (Å²) in [6.07, 6.45) is 4.26. The van der Waals surface area contributed by atoms with E-state index in [1.165, 1.54) is 51.1 Å². The fourth-order valence-electron chi connectivity index (χ4n) is 5.99. The van der Waals surface area contributed by atoms with E-state index >= 15 is 0 Å². The van der Waals surface area contributed by atoms with Crippen LogP contribution in [0.25, 0.3) is 21.5 Å². The van der Waals surface area contributed by atoms with E-state index in [-0.39, 0.29) is 12.3 Å². The number of carbonyl (C=O) groups is 2. The van der Waals surface area contributed by atoms with Gasteiger partial charge in [0.25, 0.3) is 5.91 Å². The number of aliphatic carboxylic acids is 1. The molecule has 1 aliphatic rings. The Bertz CT molecular complexity index is 1670. The molecule has 0 bridgehead atoms. The molecule has 0 radical (unpaired) electrons. The van der Waals surface area contributed by atoms with Gasteiger partial charge in [0, 0.05) is 11.3 Å². The Morgan fingerprint density at radius 2 is 1.55 bits per heavy atom. The van der Waals surface area contributed by atoms with Gasteiger partial charge in [-0.25, -0.2) is 0 Å². The predicted octanol–water partition coefficient (Wildman–Crippen LogP) is 7.54. The highest BCUT2D eigenvalue weighted by atomic mass is 16.4. The molecule has 1 aliphatic carbocycles. The Kier molecular flexibility index (Phi) is 6.38. The van der Waals surface area contributed by atoms with Crippen molar-refractivity contribution >= 4 is 39.1 Å². The Morgan fingerprint density at radius 1 is 0.789 bits per heavy atom. The largest absolute Gasteiger partial charge is 0.481 e. The van der Waals surface area contributed by atoms with Crippen LogP contribution in [0.2, 0.25) is 0 Å². The van der Waals surface area contributed by atoms with Gasteiger partial charge in [0.1, 0.15) is 0 Å². The van der Waals surface area contributed by atoms with Gasteiger partial charge in [-0.1, -0.05) is 78.9 Å². The molecule has 5 aromatic carbocycles. The van der Waals surface area contributed by atoms with Gasteiger partial charge >= 0.3 is 5.97 Å². The lowest BCUT2D eigenvalue weighted by Crippen LogP contribution is -2.16. The third-order valence-electron chi connectivity index (χ3n) is 7.79. The van der Waals surface area contributed by atoms with Crippen molar-refractivity contribution in [1.82, 2.24) is 0 Å². The lowest BCUT2D eigenvalue weighted by atomic mass is 9.77. The van der Waals surface area contributed by atoms with Gasteiger partial charge in [-0.05, 0) is 93.6 Å². The number of hydrogen-bond donors (Lipinski definition) is 2. The highest BCUT2D eigenvalue weighted by Gasteiger charge is 2.23. The third-order valence-corrected chi connectivity index (χ3v) is 7.79. The molecule has 1 amide bonds. The van der Waals surface area contributed by atoms with Crippen LogP contribution >= 0.6 is 0 Å². The summed E-state index contributed by atoms with van der Waals surface area (Å²) in [6, 6.07) is 32.7. The third kappa shape index (κ3) is 4.66. The monoisotopic (exact) mass is 499 g/mol. The summed E-state index contributed by atoms with van der Waals surface area (Å²) in [7, 11) is 0. The fraction of sp³-hybridized carbons (Fsp3) is 0.176. The van der Waals surface area contributed by atoms with Crippen molar-refractivity contribution in [2.45, 2.75) is 38.0 Å². The van der Waals surface area contributed by atoms with E-state index in [0.29, 0.717) is 22.7 Å². The van der Waals surface area contributed by atoms with Gasteiger partial charge in [0.15, 0.2) is 0 Å². The summed E-state index contributed by atoms with van der Waals surface area (Å²) in [5.74, 6) is -0.784. The number of aryl methyl sites for hydroxylation is 1. The molecule has 0 heterocycles. The fourth-order valence-corrected chi connectivity index (χ4v) is 5.99. The van der Waals surface area contributed by atoms with Crippen LogP contribution in [0.15, 0.2) is 97.1 Å². The first kappa shape index (κ1) is 23.9. The predicted molar refractivity (Wildman–Crippen MR) is 153 cm³/mol. The number of fused-ring (bicyclic) bond motifs is 5. The summed E-state index contributed by atoms with van der Waals surface area (Å²) >= 11 is 0. The van der Waals surface area contributed by atoms with E-state index in [4.69, 9.17) is 5.11 Å². The minimum Gasteiger partial charge on any atom is -0.481 e. The first-order valence-corrected chi connectivity index (χ1v) is 13.2. The van der Waals surface area contributed by atoms with Crippen LogP contribution in [0.3, 0.4) is 0 Å². The molecule has 5 aromatic rings. The van der Waals surface area contributed by atoms with Crippen LogP contribution in [-0.4, -0.2) is 17.0 Å². The van der Waals surface area contributed by atoms with Crippen molar-refractivity contribution in [2.75, 3.05) is 5.32 Å². The second-order valence-corrected chi connectivity index (χ2v) is 10.2. The summed E-state index contributed by atoms with van der Waals surface area (Å²) in [6.45, 7) is 0. The van der Waals surface area contributed by atoms with Crippen LogP contribution in [-0.2, 0) is 24.1 Å². The molecule has 1 atom stereocenters. The van der Waals surface area contributed by atoms with E-state index in [2.05, 4.69) is 66.0 Å². The Morgan fingerprint density at radius 3 is 2.39 bits per heavy atom. The van der Waals surface area contributed by atoms with E-state index < -0.39 is 5.97 Å². The van der Waals surface area contributed by atoms with Gasteiger partial charge in [0.05, 0.1) is 6.42 Å². The molecule has 4 nitrogen and oxygen atoms in total. The van der Waals surface area contributed by atoms with Crippen LogP contribution in [0.5, 0.6) is 0 Å². The maximum atomic E-state index is 12.8. The van der Waals surface area contributed by atoms with Crippen LogP contribution in [0.4, 0.5) is 5.69 Å². The topological polar surface area (TPSA) is 66.4 Å². The quantitative estimate of drug-likeness (QED) is 0.237. The normalized spacial score (nSPS) is 14.8. The SMILES string of the molecule is O=C(O)Cc1ccccc1C(=O)Nc1ccc(CC2CCCc3c2ccc2c3ccc3ccccc32)cc1. The second kappa shape index (κ2) is 10.1. The number of carbonyl (C=O) groups excluding carboxylic acids is 1. The zero-order valence-electron chi connectivity index (χ0n) is 21.1. The van der Waals surface area contributed by atoms with Gasteiger partial charge in [-0.2, -0.15) is 0 Å². The summed E-state index contributed by atoms with van der Waals surface area (Å²) in [5.41, 5.74) is 5.79. The Labute approximate surface area is 221 Å². The number of benzene rings is 5. The van der Waals surface area contributed by atoms with Crippen molar-refractivity contribution in [1.29, 1.82) is 0 Å². The van der Waals surface area contributed by atoms with E-state index in [1.807, 2.05) is 12.1 Å². The molecule has 0 saturated carbocycles. The number of anilines is 1. The standard InChI is InChI=1S/C34H29NO3/c36-33(37)21-25-7-2-4-10-29(25)34(38)35-26-15-12-22(13-16-26)20-24-8-5-11-30-28(24)18-19-31-27-9-3-1-6-23(27)14-17-32(30)31/h1-4,6-7,9-10,12-19,24H,5,8,11,20-21H2,(H,35,38)(H,36,37). The van der Waals surface area contributed by atoms with E-state index in [9.17, 15) is 9.59 Å². The Hall–Kier alpha value is -4.44. The van der Waals surface area contributed by atoms with Crippen molar-refractivity contribution < 1.29 is 14.7 Å². The van der Waals surface area contributed by atoms with E-state index in [0.717, 1.165) is 12.8 Å². The molecule has 0 saturated heterocycles. The van der Waals surface area contributed by atoms with E-state index in [1.54, 1.807) is 24.3 Å². The van der Waals surface area contributed by atoms with Crippen molar-refractivity contribution in [3.05, 3.63) is 125 Å². The second-order valence-electron chi connectivity index (χ2n) is 10.2. The van der Waals surface area contributed by atoms with Gasteiger partial charge in [0.2, 0.25) is 0 Å². The molecule has 0 fully saturated rings. The summed E-state index contributed by atoms with van der Waals surface area (Å²) < 4.78 is 0. The van der Waals surface area contributed by atoms with Crippen LogP contribution in [0, 0.1) is 0 Å². The zero-order valence-corrected chi connectivity index (χ0v) is 21.1. The first-order valence-electron chi connectivity index (χ1n) is 13.2. The first-order chi connectivity index (χ1) is 18.6. The lowest BCUT2D eigenvalue weighted by molar-refractivity contribution is -0.136. The van der Waals surface area contributed by atoms with Crippen LogP contribution in [0.1, 0.15) is 51.4 Å². The highest BCUT2D eigenvalue weighted by Crippen LogP contribution is 2.39. The summed E-state index contributed by atoms with van der Waals surface area (Å²) in [4.78, 5) is 24.0. The van der Waals surface area contributed by atoms with Gasteiger partial charge in [-0.3, -0.25) is 9.59 Å². The molecule has 0 spiro atoms. The molecule has 2 N–H and O–H groups in total. The number of hydrogen-bond acceptors (Lipinski definition) is 2. The Balaban J connectivity index is 1.21. The smallest absolute Gasteiger partial charge is 0.307 e. The molecule has 0 aromatic heterocycles. The minimum absolute atomic E-state index is 0.184. The molecule has 6 rings (SSSR count). The number of nitrogens with one attached hydrogen (secondary N) is 1. The number of carboxylic acids is 1. The molecule has 1 unspecified atom stereocenters. The zero-order chi connectivity index (χ0) is 26.1. The maximum Gasteiger partial charge on any atom is 0.307 e. The highest BCUT2D eigenvalue weighted by molar-refractivity contribution is 6.09. The maximum absolute atomic E-state index is 12.8. The molecule has 188 valence electrons. The molecular formula is C34H29NO3. The van der Waals surface area contributed by atoms with Crippen molar-refractivity contribution in [3.8, 4) is 0 Å². The molecule has 38 heavy (non-hydrogen) atoms. The van der Waals surface area contributed by atoms with Gasteiger partial charge in [-0.15, -0.1) is 0 Å². The number of amides is 1. The van der Waals surface area contributed by atoms with Crippen molar-refractivity contribution in [2.24, 2.45) is 0 Å². The number of carboxylic acid groups (broad SMARTS) is 1.